The summed E-state index contributed by atoms with van der Waals surface area (Å²) in [6, 6.07) is 5.25. The third-order valence-corrected chi connectivity index (χ3v) is 6.85. The number of carbonyl (C=O) groups excluding carboxylic acids is 3. The van der Waals surface area contributed by atoms with Gasteiger partial charge in [0.1, 0.15) is 23.4 Å². The molecule has 5 heterocycles. The van der Waals surface area contributed by atoms with Crippen molar-refractivity contribution >= 4 is 35.7 Å². The number of carbonyl (C=O) groups is 3. The molecular weight excluding hydrogens is 490 g/mol. The Hall–Kier alpha value is -4.24. The van der Waals surface area contributed by atoms with E-state index in [1.54, 1.807) is 11.0 Å². The number of aryl methyl sites for hydroxylation is 1. The Morgan fingerprint density at radius 2 is 2.13 bits per heavy atom. The number of urea groups is 1. The van der Waals surface area contributed by atoms with Crippen molar-refractivity contribution in [2.45, 2.75) is 44.7 Å². The van der Waals surface area contributed by atoms with Gasteiger partial charge in [-0.15, -0.1) is 0 Å². The van der Waals surface area contributed by atoms with Crippen molar-refractivity contribution in [2.75, 3.05) is 48.4 Å². The Morgan fingerprint density at radius 3 is 2.92 bits per heavy atom. The first-order chi connectivity index (χ1) is 18.6. The van der Waals surface area contributed by atoms with Crippen molar-refractivity contribution in [3.8, 4) is 6.07 Å². The number of anilines is 3. The maximum absolute atomic E-state index is 13.3. The van der Waals surface area contributed by atoms with Gasteiger partial charge in [0.2, 0.25) is 0 Å². The molecule has 0 spiro atoms. The van der Waals surface area contributed by atoms with Crippen LogP contribution >= 0.6 is 0 Å². The molecule has 2 saturated heterocycles. The van der Waals surface area contributed by atoms with Crippen molar-refractivity contribution in [1.29, 1.82) is 5.26 Å². The Bertz CT molecular complexity index is 1270. The third kappa shape index (κ3) is 5.52. The smallest absolute Gasteiger partial charge is 0.410 e. The number of nitrogens with one attached hydrogen (secondary N) is 2. The Morgan fingerprint density at radius 1 is 1.24 bits per heavy atom. The van der Waals surface area contributed by atoms with Gasteiger partial charge >= 0.3 is 12.1 Å². The van der Waals surface area contributed by atoms with Gasteiger partial charge in [-0.25, -0.2) is 19.6 Å². The summed E-state index contributed by atoms with van der Waals surface area (Å²) in [6.07, 6.45) is 5.52. The number of aldehydes is 1. The Balaban J connectivity index is 1.35. The lowest BCUT2D eigenvalue weighted by Crippen LogP contribution is -2.40. The van der Waals surface area contributed by atoms with Gasteiger partial charge in [-0.2, -0.15) is 5.26 Å². The molecule has 2 fully saturated rings. The second-order valence-corrected chi connectivity index (χ2v) is 9.49. The number of ether oxygens (including phenoxy) is 2. The standard InChI is InChI=1S/C26H29N7O5/c27-12-19-13-28-23(11-21(19)29-20-5-9-37-16-20)31-25(35)33-7-3-4-17-10-18(22(15-34)30-24(17)33)14-32-6-1-2-8-38-26(32)36/h10-11,13,15,20H,1-9,14,16H2,(H2,28,29,31,35). The van der Waals surface area contributed by atoms with E-state index in [1.807, 2.05) is 6.07 Å². The van der Waals surface area contributed by atoms with Crippen LogP contribution in [-0.2, 0) is 22.4 Å². The zero-order valence-electron chi connectivity index (χ0n) is 20.9. The highest BCUT2D eigenvalue weighted by Crippen LogP contribution is 2.29. The molecule has 2 aromatic heterocycles. The van der Waals surface area contributed by atoms with Crippen LogP contribution in [0.2, 0.25) is 0 Å². The predicted molar refractivity (Wildman–Crippen MR) is 137 cm³/mol. The second-order valence-electron chi connectivity index (χ2n) is 9.49. The monoisotopic (exact) mass is 519 g/mol. The molecule has 1 unspecified atom stereocenters. The van der Waals surface area contributed by atoms with Crippen LogP contribution in [0.3, 0.4) is 0 Å². The number of aromatic nitrogens is 2. The summed E-state index contributed by atoms with van der Waals surface area (Å²) in [7, 11) is 0. The zero-order chi connectivity index (χ0) is 26.5. The highest BCUT2D eigenvalue weighted by Gasteiger charge is 2.28. The summed E-state index contributed by atoms with van der Waals surface area (Å²) in [6.45, 7) is 2.78. The van der Waals surface area contributed by atoms with Crippen molar-refractivity contribution in [1.82, 2.24) is 14.9 Å². The number of fused-ring (bicyclic) bond motifs is 1. The lowest BCUT2D eigenvalue weighted by molar-refractivity contribution is 0.109. The lowest BCUT2D eigenvalue weighted by Gasteiger charge is -2.29. The van der Waals surface area contributed by atoms with Crippen LogP contribution in [0.25, 0.3) is 0 Å². The first kappa shape index (κ1) is 25.4. The molecule has 2 N–H and O–H groups in total. The van der Waals surface area contributed by atoms with Crippen molar-refractivity contribution in [2.24, 2.45) is 0 Å². The molecule has 198 valence electrons. The van der Waals surface area contributed by atoms with E-state index in [1.165, 1.54) is 11.1 Å². The molecule has 3 amide bonds. The van der Waals surface area contributed by atoms with Crippen molar-refractivity contribution in [3.05, 3.63) is 40.7 Å². The average molecular weight is 520 g/mol. The van der Waals surface area contributed by atoms with Crippen LogP contribution in [-0.4, -0.2) is 72.2 Å². The molecule has 2 aromatic rings. The number of nitriles is 1. The first-order valence-electron chi connectivity index (χ1n) is 12.8. The number of hydrogen-bond donors (Lipinski definition) is 2. The minimum atomic E-state index is -0.438. The molecule has 0 bridgehead atoms. The Labute approximate surface area is 219 Å². The van der Waals surface area contributed by atoms with Gasteiger partial charge < -0.3 is 19.7 Å². The van der Waals surface area contributed by atoms with Gasteiger partial charge in [-0.1, -0.05) is 0 Å². The molecule has 5 rings (SSSR count). The van der Waals surface area contributed by atoms with Gasteiger partial charge in [0, 0.05) is 37.5 Å². The van der Waals surface area contributed by atoms with E-state index in [9.17, 15) is 19.6 Å². The molecular formula is C26H29N7O5. The van der Waals surface area contributed by atoms with Crippen LogP contribution in [0.5, 0.6) is 0 Å². The topological polar surface area (TPSA) is 150 Å². The number of rotatable bonds is 6. The van der Waals surface area contributed by atoms with Crippen LogP contribution in [0.15, 0.2) is 18.3 Å². The maximum Gasteiger partial charge on any atom is 0.410 e. The molecule has 38 heavy (non-hydrogen) atoms. The molecule has 0 saturated carbocycles. The molecule has 0 radical (unpaired) electrons. The minimum absolute atomic E-state index is 0.0818. The normalized spacial score (nSPS) is 19.1. The first-order valence-corrected chi connectivity index (χ1v) is 12.8. The molecule has 1 atom stereocenters. The average Bonchev–Trinajstić information content (AvgIpc) is 3.36. The van der Waals surface area contributed by atoms with E-state index in [-0.39, 0.29) is 24.1 Å². The summed E-state index contributed by atoms with van der Waals surface area (Å²) in [4.78, 5) is 49.4. The highest BCUT2D eigenvalue weighted by molar-refractivity contribution is 6.01. The lowest BCUT2D eigenvalue weighted by atomic mass is 10.0. The molecule has 3 aliphatic rings. The van der Waals surface area contributed by atoms with E-state index in [0.717, 1.165) is 24.8 Å². The molecule has 12 heteroatoms. The van der Waals surface area contributed by atoms with E-state index < -0.39 is 12.1 Å². The van der Waals surface area contributed by atoms with Gasteiger partial charge in [-0.05, 0) is 43.7 Å². The fourth-order valence-electron chi connectivity index (χ4n) is 4.86. The van der Waals surface area contributed by atoms with Crippen LogP contribution in [0, 0.1) is 11.3 Å². The fourth-order valence-corrected chi connectivity index (χ4v) is 4.86. The Kier molecular flexibility index (Phi) is 7.65. The van der Waals surface area contributed by atoms with Crippen molar-refractivity contribution < 1.29 is 23.9 Å². The maximum atomic E-state index is 13.3. The summed E-state index contributed by atoms with van der Waals surface area (Å²) < 4.78 is 10.6. The van der Waals surface area contributed by atoms with E-state index in [2.05, 4.69) is 26.7 Å². The molecule has 0 aromatic carbocycles. The van der Waals surface area contributed by atoms with Crippen LogP contribution in [0.1, 0.15) is 52.9 Å². The zero-order valence-corrected chi connectivity index (χ0v) is 20.9. The van der Waals surface area contributed by atoms with Gasteiger partial charge in [0.15, 0.2) is 6.29 Å². The quantitative estimate of drug-likeness (QED) is 0.549. The number of nitrogens with zero attached hydrogens (tertiary/aromatic N) is 5. The number of hydrogen-bond acceptors (Lipinski definition) is 9. The highest BCUT2D eigenvalue weighted by atomic mass is 16.6. The summed E-state index contributed by atoms with van der Waals surface area (Å²) in [5, 5.41) is 15.5. The minimum Gasteiger partial charge on any atom is -0.449 e. The summed E-state index contributed by atoms with van der Waals surface area (Å²) >= 11 is 0. The van der Waals surface area contributed by atoms with Gasteiger partial charge in [-0.3, -0.25) is 15.0 Å². The van der Waals surface area contributed by atoms with Crippen LogP contribution in [0.4, 0.5) is 26.9 Å². The number of cyclic esters (lactones) is 1. The van der Waals surface area contributed by atoms with Crippen LogP contribution < -0.4 is 15.5 Å². The molecule has 12 nitrogen and oxygen atoms in total. The van der Waals surface area contributed by atoms with Gasteiger partial charge in [0.25, 0.3) is 0 Å². The largest absolute Gasteiger partial charge is 0.449 e. The molecule has 0 aliphatic carbocycles. The van der Waals surface area contributed by atoms with Gasteiger partial charge in [0.05, 0.1) is 37.1 Å². The number of pyridine rings is 2. The second kappa shape index (κ2) is 11.4. The number of amides is 3. The van der Waals surface area contributed by atoms with E-state index >= 15 is 0 Å². The molecule has 3 aliphatic heterocycles. The van der Waals surface area contributed by atoms with Crippen molar-refractivity contribution in [3.63, 3.8) is 0 Å². The van der Waals surface area contributed by atoms with E-state index in [4.69, 9.17) is 9.47 Å². The SMILES string of the molecule is N#Cc1cnc(NC(=O)N2CCCc3cc(CN4CCCCOC4=O)c(C=O)nc32)cc1NC1CCOC1. The third-order valence-electron chi connectivity index (χ3n) is 6.85. The summed E-state index contributed by atoms with van der Waals surface area (Å²) in [5.41, 5.74) is 2.58. The fraction of sp³-hybridized carbons (Fsp3) is 0.462. The predicted octanol–water partition coefficient (Wildman–Crippen LogP) is 3.08. The van der Waals surface area contributed by atoms with E-state index in [0.29, 0.717) is 74.7 Å². The summed E-state index contributed by atoms with van der Waals surface area (Å²) in [5.74, 6) is 0.697.